The third-order valence-electron chi connectivity index (χ3n) is 4.08. The summed E-state index contributed by atoms with van der Waals surface area (Å²) in [6.45, 7) is 4.99. The lowest BCUT2D eigenvalue weighted by Crippen LogP contribution is -2.35. The molecule has 6 heteroatoms. The number of thiazole rings is 1. The van der Waals surface area contributed by atoms with Crippen LogP contribution in [0.5, 0.6) is 0 Å². The predicted molar refractivity (Wildman–Crippen MR) is 89.1 cm³/mol. The first kappa shape index (κ1) is 16.7. The van der Waals surface area contributed by atoms with E-state index in [0.29, 0.717) is 6.61 Å². The zero-order chi connectivity index (χ0) is 15.2. The molecule has 0 unspecified atom stereocenters. The third-order valence-corrected chi connectivity index (χ3v) is 5.29. The Balaban J connectivity index is 1.97. The minimum absolute atomic E-state index is 0.593. The lowest BCUT2D eigenvalue weighted by Gasteiger charge is -2.31. The summed E-state index contributed by atoms with van der Waals surface area (Å²) in [5.41, 5.74) is 1.07. The van der Waals surface area contributed by atoms with Gasteiger partial charge in [0.15, 0.2) is 5.13 Å². The molecule has 0 aromatic carbocycles. The van der Waals surface area contributed by atoms with Crippen molar-refractivity contribution in [2.75, 3.05) is 52.8 Å². The molecule has 0 bridgehead atoms. The van der Waals surface area contributed by atoms with Crippen LogP contribution in [-0.4, -0.2) is 57.8 Å². The highest BCUT2D eigenvalue weighted by molar-refractivity contribution is 7.15. The number of anilines is 1. The Kier molecular flexibility index (Phi) is 6.41. The van der Waals surface area contributed by atoms with Crippen LogP contribution in [-0.2, 0) is 17.9 Å². The molecule has 1 fully saturated rings. The second-order valence-corrected chi connectivity index (χ2v) is 7.02. The molecule has 0 spiro atoms. The van der Waals surface area contributed by atoms with Crippen LogP contribution in [0.2, 0.25) is 0 Å². The Hall–Kier alpha value is -0.690. The lowest BCUT2D eigenvalue weighted by molar-refractivity contribution is 0.181. The first-order valence-electron chi connectivity index (χ1n) is 7.65. The Labute approximate surface area is 132 Å². The Morgan fingerprint density at radius 2 is 2.14 bits per heavy atom. The van der Waals surface area contributed by atoms with Gasteiger partial charge in [-0.05, 0) is 45.9 Å². The lowest BCUT2D eigenvalue weighted by atomic mass is 9.97. The van der Waals surface area contributed by atoms with Crippen molar-refractivity contribution in [1.82, 2.24) is 15.2 Å². The van der Waals surface area contributed by atoms with Crippen LogP contribution >= 0.6 is 11.3 Å². The maximum absolute atomic E-state index is 5.26. The summed E-state index contributed by atoms with van der Waals surface area (Å²) in [4.78, 5) is 10.8. The quantitative estimate of drug-likeness (QED) is 0.831. The van der Waals surface area contributed by atoms with Crippen molar-refractivity contribution in [3.8, 4) is 0 Å². The number of likely N-dealkylation sites (tertiary alicyclic amines) is 1. The largest absolute Gasteiger partial charge is 0.378 e. The maximum Gasteiger partial charge on any atom is 0.185 e. The summed E-state index contributed by atoms with van der Waals surface area (Å²) in [5.74, 6) is 0.786. The molecule has 0 saturated carbocycles. The molecule has 120 valence electrons. The van der Waals surface area contributed by atoms with E-state index in [0.717, 1.165) is 29.8 Å². The van der Waals surface area contributed by atoms with Crippen molar-refractivity contribution in [2.45, 2.75) is 26.0 Å². The number of ether oxygens (including phenoxy) is 1. The van der Waals surface area contributed by atoms with Crippen LogP contribution in [0.1, 0.15) is 23.4 Å². The molecule has 0 atom stereocenters. The Morgan fingerprint density at radius 3 is 2.76 bits per heavy atom. The zero-order valence-corrected chi connectivity index (χ0v) is 14.5. The summed E-state index contributed by atoms with van der Waals surface area (Å²) < 4.78 is 5.26. The minimum atomic E-state index is 0.593. The normalized spacial score (nSPS) is 17.3. The summed E-state index contributed by atoms with van der Waals surface area (Å²) in [7, 11) is 8.07. The van der Waals surface area contributed by atoms with Crippen molar-refractivity contribution in [3.63, 3.8) is 0 Å². The molecule has 0 aliphatic carbocycles. The molecular formula is C15H28N4OS. The highest BCUT2D eigenvalue weighted by Gasteiger charge is 2.20. The molecule has 1 aliphatic rings. The summed E-state index contributed by atoms with van der Waals surface area (Å²) >= 11 is 1.78. The predicted octanol–water partition coefficient (Wildman–Crippen LogP) is 1.79. The van der Waals surface area contributed by atoms with E-state index in [2.05, 4.69) is 29.2 Å². The molecule has 1 aliphatic heterocycles. The number of piperidine rings is 1. The standard InChI is InChI=1S/C15H28N4OS/c1-16-9-14-13(11-20-4)17-15(21-14)19(3)10-12-5-7-18(2)8-6-12/h12,16H,5-11H2,1-4H3. The topological polar surface area (TPSA) is 40.6 Å². The summed E-state index contributed by atoms with van der Waals surface area (Å²) in [6.07, 6.45) is 2.58. The second-order valence-electron chi connectivity index (χ2n) is 5.96. The van der Waals surface area contributed by atoms with E-state index in [1.54, 1.807) is 18.4 Å². The van der Waals surface area contributed by atoms with Crippen molar-refractivity contribution in [1.29, 1.82) is 0 Å². The first-order chi connectivity index (χ1) is 10.1. The fourth-order valence-electron chi connectivity index (χ4n) is 2.79. The van der Waals surface area contributed by atoms with Crippen LogP contribution in [0.15, 0.2) is 0 Å². The van der Waals surface area contributed by atoms with E-state index in [-0.39, 0.29) is 0 Å². The van der Waals surface area contributed by atoms with Crippen molar-refractivity contribution >= 4 is 16.5 Å². The monoisotopic (exact) mass is 312 g/mol. The number of rotatable bonds is 7. The van der Waals surface area contributed by atoms with Crippen molar-refractivity contribution < 1.29 is 4.74 Å². The van der Waals surface area contributed by atoms with Crippen LogP contribution < -0.4 is 10.2 Å². The number of aromatic nitrogens is 1. The summed E-state index contributed by atoms with van der Waals surface area (Å²) in [5, 5.41) is 4.33. The molecule has 2 rings (SSSR count). The highest BCUT2D eigenvalue weighted by atomic mass is 32.1. The SMILES string of the molecule is CNCc1sc(N(C)CC2CCN(C)CC2)nc1COC. The van der Waals surface area contributed by atoms with Gasteiger partial charge < -0.3 is 19.9 Å². The van der Waals surface area contributed by atoms with Gasteiger partial charge in [-0.2, -0.15) is 0 Å². The Bertz CT molecular complexity index is 406. The number of methoxy groups -OCH3 is 1. The van der Waals surface area contributed by atoms with E-state index >= 15 is 0 Å². The molecule has 1 N–H and O–H groups in total. The smallest absolute Gasteiger partial charge is 0.185 e. The van der Waals surface area contributed by atoms with Gasteiger partial charge in [-0.3, -0.25) is 0 Å². The molecule has 1 aromatic heterocycles. The Morgan fingerprint density at radius 1 is 1.43 bits per heavy atom. The van der Waals surface area contributed by atoms with Gasteiger partial charge in [0.2, 0.25) is 0 Å². The average Bonchev–Trinajstić information content (AvgIpc) is 2.86. The molecule has 1 saturated heterocycles. The van der Waals surface area contributed by atoms with Crippen LogP contribution in [0.3, 0.4) is 0 Å². The van der Waals surface area contributed by atoms with E-state index in [9.17, 15) is 0 Å². The zero-order valence-electron chi connectivity index (χ0n) is 13.7. The number of nitrogens with zero attached hydrogens (tertiary/aromatic N) is 3. The first-order valence-corrected chi connectivity index (χ1v) is 8.47. The van der Waals surface area contributed by atoms with E-state index in [1.165, 1.54) is 30.8 Å². The second kappa shape index (κ2) is 8.08. The minimum Gasteiger partial charge on any atom is -0.378 e. The van der Waals surface area contributed by atoms with Gasteiger partial charge in [-0.15, -0.1) is 11.3 Å². The van der Waals surface area contributed by atoms with Gasteiger partial charge in [0.25, 0.3) is 0 Å². The van der Waals surface area contributed by atoms with Gasteiger partial charge in [-0.1, -0.05) is 0 Å². The fraction of sp³-hybridized carbons (Fsp3) is 0.800. The molecule has 1 aromatic rings. The molecule has 2 heterocycles. The molecule has 0 radical (unpaired) electrons. The van der Waals surface area contributed by atoms with Gasteiger partial charge >= 0.3 is 0 Å². The average molecular weight is 312 g/mol. The molecule has 21 heavy (non-hydrogen) atoms. The van der Waals surface area contributed by atoms with Gasteiger partial charge in [0.05, 0.1) is 12.3 Å². The molecular weight excluding hydrogens is 284 g/mol. The van der Waals surface area contributed by atoms with Crippen LogP contribution in [0.4, 0.5) is 5.13 Å². The third kappa shape index (κ3) is 4.64. The number of hydrogen-bond acceptors (Lipinski definition) is 6. The van der Waals surface area contributed by atoms with Crippen LogP contribution in [0.25, 0.3) is 0 Å². The van der Waals surface area contributed by atoms with E-state index in [1.807, 2.05) is 7.05 Å². The number of nitrogens with one attached hydrogen (secondary N) is 1. The highest BCUT2D eigenvalue weighted by Crippen LogP contribution is 2.28. The van der Waals surface area contributed by atoms with Crippen molar-refractivity contribution in [2.24, 2.45) is 5.92 Å². The van der Waals surface area contributed by atoms with Gasteiger partial charge in [0, 0.05) is 32.1 Å². The fourth-order valence-corrected chi connectivity index (χ4v) is 3.84. The maximum atomic E-state index is 5.26. The van der Waals surface area contributed by atoms with Crippen LogP contribution in [0, 0.1) is 5.92 Å². The van der Waals surface area contributed by atoms with E-state index in [4.69, 9.17) is 9.72 Å². The summed E-state index contributed by atoms with van der Waals surface area (Å²) in [6, 6.07) is 0. The van der Waals surface area contributed by atoms with Crippen molar-refractivity contribution in [3.05, 3.63) is 10.6 Å². The number of hydrogen-bond donors (Lipinski definition) is 1. The molecule has 0 amide bonds. The van der Waals surface area contributed by atoms with E-state index < -0.39 is 0 Å². The van der Waals surface area contributed by atoms with Gasteiger partial charge in [-0.25, -0.2) is 4.98 Å². The van der Waals surface area contributed by atoms with Gasteiger partial charge in [0.1, 0.15) is 0 Å². The molecule has 5 nitrogen and oxygen atoms in total.